The highest BCUT2D eigenvalue weighted by atomic mass is 35.5. The van der Waals surface area contributed by atoms with Crippen LogP contribution in [0.5, 0.6) is 0 Å². The Hall–Kier alpha value is -0.170. The molecule has 0 saturated heterocycles. The van der Waals surface area contributed by atoms with Gasteiger partial charge in [0, 0.05) is 12.1 Å². The zero-order chi connectivity index (χ0) is 9.89. The molecule has 0 aliphatic heterocycles. The molecule has 0 aromatic rings. The average molecular weight is 190 g/mol. The number of hydrogen-bond acceptors (Lipinski definition) is 1. The van der Waals surface area contributed by atoms with E-state index in [9.17, 15) is 0 Å². The molecule has 0 unspecified atom stereocenters. The molecule has 0 radical (unpaired) electrons. The van der Waals surface area contributed by atoms with Gasteiger partial charge in [-0.05, 0) is 47.1 Å². The summed E-state index contributed by atoms with van der Waals surface area (Å²) in [6.07, 6.45) is 0. The van der Waals surface area contributed by atoms with Crippen molar-refractivity contribution in [2.24, 2.45) is 0 Å². The Morgan fingerprint density at radius 3 is 1.42 bits per heavy atom. The molecular weight excluding hydrogens is 170 g/mol. The molecule has 0 fully saturated rings. The van der Waals surface area contributed by atoms with Crippen molar-refractivity contribution in [2.75, 3.05) is 0 Å². The lowest BCUT2D eigenvalue weighted by Gasteiger charge is -2.33. The number of rotatable bonds is 3. The third-order valence-electron chi connectivity index (χ3n) is 1.75. The van der Waals surface area contributed by atoms with Gasteiger partial charge in [-0.25, -0.2) is 0 Å². The first-order valence-corrected chi connectivity index (χ1v) is 4.87. The molecule has 0 rings (SSSR count). The first-order chi connectivity index (χ1) is 5.37. The second-order valence-corrected chi connectivity index (χ2v) is 4.24. The third-order valence-corrected chi connectivity index (χ3v) is 2.33. The van der Waals surface area contributed by atoms with Gasteiger partial charge in [0.2, 0.25) is 0 Å². The standard InChI is InChI=1S/C10H20ClN/c1-7(2)10(11)12(8(3)4)9(5)6/h8-9H,1-6H3. The molecule has 0 N–H and O–H groups in total. The van der Waals surface area contributed by atoms with Crippen LogP contribution >= 0.6 is 11.6 Å². The Morgan fingerprint density at radius 2 is 1.33 bits per heavy atom. The first kappa shape index (κ1) is 11.8. The third kappa shape index (κ3) is 3.06. The highest BCUT2D eigenvalue weighted by molar-refractivity contribution is 6.29. The smallest absolute Gasteiger partial charge is 0.103 e. The van der Waals surface area contributed by atoms with Crippen LogP contribution in [0.1, 0.15) is 41.5 Å². The molecule has 0 amide bonds. The van der Waals surface area contributed by atoms with Gasteiger partial charge >= 0.3 is 0 Å². The van der Waals surface area contributed by atoms with E-state index in [0.717, 1.165) is 5.16 Å². The monoisotopic (exact) mass is 189 g/mol. The summed E-state index contributed by atoms with van der Waals surface area (Å²) in [5.41, 5.74) is 1.18. The van der Waals surface area contributed by atoms with Crippen LogP contribution in [-0.2, 0) is 0 Å². The van der Waals surface area contributed by atoms with E-state index in [1.807, 2.05) is 13.8 Å². The minimum absolute atomic E-state index is 0.465. The maximum atomic E-state index is 6.18. The van der Waals surface area contributed by atoms with E-state index in [0.29, 0.717) is 12.1 Å². The van der Waals surface area contributed by atoms with Gasteiger partial charge in [-0.15, -0.1) is 0 Å². The number of nitrogens with zero attached hydrogens (tertiary/aromatic N) is 1. The normalized spacial score (nSPS) is 10.8. The van der Waals surface area contributed by atoms with Crippen LogP contribution in [-0.4, -0.2) is 17.0 Å². The quantitative estimate of drug-likeness (QED) is 0.614. The summed E-state index contributed by atoms with van der Waals surface area (Å²) in [5.74, 6) is 0. The van der Waals surface area contributed by atoms with Crippen molar-refractivity contribution in [3.8, 4) is 0 Å². The van der Waals surface area contributed by atoms with Crippen LogP contribution in [0.3, 0.4) is 0 Å². The summed E-state index contributed by atoms with van der Waals surface area (Å²) in [6, 6.07) is 0.930. The van der Waals surface area contributed by atoms with Crippen LogP contribution in [0.25, 0.3) is 0 Å². The molecule has 12 heavy (non-hydrogen) atoms. The minimum Gasteiger partial charge on any atom is -0.358 e. The second-order valence-electron chi connectivity index (χ2n) is 3.89. The molecular formula is C10H20ClN. The molecule has 72 valence electrons. The summed E-state index contributed by atoms with van der Waals surface area (Å²) >= 11 is 6.18. The van der Waals surface area contributed by atoms with Crippen molar-refractivity contribution < 1.29 is 0 Å². The topological polar surface area (TPSA) is 3.24 Å². The zero-order valence-corrected chi connectivity index (χ0v) is 9.74. The van der Waals surface area contributed by atoms with E-state index >= 15 is 0 Å². The van der Waals surface area contributed by atoms with Gasteiger partial charge in [0.15, 0.2) is 0 Å². The van der Waals surface area contributed by atoms with Crippen molar-refractivity contribution in [3.63, 3.8) is 0 Å². The van der Waals surface area contributed by atoms with Crippen molar-refractivity contribution in [1.82, 2.24) is 4.90 Å². The lowest BCUT2D eigenvalue weighted by atomic mass is 10.2. The number of halogens is 1. The predicted molar refractivity (Wildman–Crippen MR) is 56.3 cm³/mol. The Morgan fingerprint density at radius 1 is 1.00 bits per heavy atom. The van der Waals surface area contributed by atoms with Crippen LogP contribution in [0.2, 0.25) is 0 Å². The van der Waals surface area contributed by atoms with Crippen LogP contribution in [0, 0.1) is 0 Å². The van der Waals surface area contributed by atoms with E-state index in [1.165, 1.54) is 5.57 Å². The Bertz CT molecular complexity index is 159. The Kier molecular flexibility index (Phi) is 4.69. The second kappa shape index (κ2) is 4.76. The van der Waals surface area contributed by atoms with Gasteiger partial charge in [0.05, 0.1) is 0 Å². The average Bonchev–Trinajstić information content (AvgIpc) is 1.85. The lowest BCUT2D eigenvalue weighted by Crippen LogP contribution is -2.34. The maximum absolute atomic E-state index is 6.18. The fourth-order valence-corrected chi connectivity index (χ4v) is 1.70. The van der Waals surface area contributed by atoms with Gasteiger partial charge in [-0.3, -0.25) is 0 Å². The highest BCUT2D eigenvalue weighted by Gasteiger charge is 2.15. The van der Waals surface area contributed by atoms with Crippen LogP contribution < -0.4 is 0 Å². The van der Waals surface area contributed by atoms with Crippen molar-refractivity contribution in [2.45, 2.75) is 53.6 Å². The Labute approximate surface area is 81.4 Å². The highest BCUT2D eigenvalue weighted by Crippen LogP contribution is 2.20. The van der Waals surface area contributed by atoms with Crippen molar-refractivity contribution in [3.05, 3.63) is 10.7 Å². The molecule has 0 heterocycles. The zero-order valence-electron chi connectivity index (χ0n) is 8.98. The molecule has 0 aromatic carbocycles. The molecule has 0 aromatic heterocycles. The molecule has 0 aliphatic carbocycles. The summed E-state index contributed by atoms with van der Waals surface area (Å²) < 4.78 is 0. The largest absolute Gasteiger partial charge is 0.358 e. The van der Waals surface area contributed by atoms with E-state index < -0.39 is 0 Å². The summed E-state index contributed by atoms with van der Waals surface area (Å²) in [7, 11) is 0. The Balaban J connectivity index is 4.64. The minimum atomic E-state index is 0.465. The van der Waals surface area contributed by atoms with Crippen LogP contribution in [0.15, 0.2) is 10.7 Å². The van der Waals surface area contributed by atoms with Crippen molar-refractivity contribution >= 4 is 11.6 Å². The predicted octanol–water partition coefficient (Wildman–Crippen LogP) is 3.60. The maximum Gasteiger partial charge on any atom is 0.103 e. The first-order valence-electron chi connectivity index (χ1n) is 4.49. The van der Waals surface area contributed by atoms with Crippen molar-refractivity contribution in [1.29, 1.82) is 0 Å². The van der Waals surface area contributed by atoms with E-state index in [2.05, 4.69) is 32.6 Å². The molecule has 2 heteroatoms. The van der Waals surface area contributed by atoms with E-state index in [-0.39, 0.29) is 0 Å². The summed E-state index contributed by atoms with van der Waals surface area (Å²) in [5, 5.41) is 0.889. The molecule has 0 saturated carbocycles. The number of hydrogen-bond donors (Lipinski definition) is 0. The van der Waals surface area contributed by atoms with E-state index in [1.54, 1.807) is 0 Å². The van der Waals surface area contributed by atoms with Gasteiger partial charge in [0.25, 0.3) is 0 Å². The van der Waals surface area contributed by atoms with Gasteiger partial charge in [0.1, 0.15) is 5.16 Å². The SMILES string of the molecule is CC(C)=C(Cl)N(C(C)C)C(C)C. The molecule has 0 bridgehead atoms. The van der Waals surface area contributed by atoms with Gasteiger partial charge in [-0.1, -0.05) is 11.6 Å². The molecule has 1 nitrogen and oxygen atoms in total. The van der Waals surface area contributed by atoms with Crippen LogP contribution in [0.4, 0.5) is 0 Å². The molecule has 0 aliphatic rings. The fraction of sp³-hybridized carbons (Fsp3) is 0.800. The lowest BCUT2D eigenvalue weighted by molar-refractivity contribution is 0.245. The summed E-state index contributed by atoms with van der Waals surface area (Å²) in [4.78, 5) is 2.22. The van der Waals surface area contributed by atoms with Gasteiger partial charge < -0.3 is 4.90 Å². The van der Waals surface area contributed by atoms with E-state index in [4.69, 9.17) is 11.6 Å². The number of allylic oxidation sites excluding steroid dienone is 1. The molecule has 0 atom stereocenters. The molecule has 0 spiro atoms. The fourth-order valence-electron chi connectivity index (χ4n) is 1.31. The van der Waals surface area contributed by atoms with Gasteiger partial charge in [-0.2, -0.15) is 0 Å². The summed E-state index contributed by atoms with van der Waals surface area (Å²) in [6.45, 7) is 12.7.